The summed E-state index contributed by atoms with van der Waals surface area (Å²) in [5, 5.41) is 7.27. The van der Waals surface area contributed by atoms with Crippen molar-refractivity contribution in [1.29, 1.82) is 5.41 Å². The summed E-state index contributed by atoms with van der Waals surface area (Å²) in [6, 6.07) is 0.192. The molecule has 2 saturated heterocycles. The van der Waals surface area contributed by atoms with Gasteiger partial charge in [-0.3, -0.25) is 10.3 Å². The number of nitrogens with two attached hydrogens (primary N) is 1. The Morgan fingerprint density at radius 3 is 2.06 bits per heavy atom. The number of amides is 2. The van der Waals surface area contributed by atoms with E-state index in [2.05, 4.69) is 4.90 Å². The predicted octanol–water partition coefficient (Wildman–Crippen LogP) is 0.146. The zero-order valence-electron chi connectivity index (χ0n) is 10.9. The Kier molecular flexibility index (Phi) is 4.41. The van der Waals surface area contributed by atoms with E-state index in [0.29, 0.717) is 6.54 Å². The molecule has 2 aliphatic heterocycles. The predicted molar refractivity (Wildman–Crippen MR) is 70.7 cm³/mol. The highest BCUT2D eigenvalue weighted by Gasteiger charge is 2.25. The number of hydrogen-bond donors (Lipinski definition) is 2. The average Bonchev–Trinajstić information content (AvgIpc) is 2.39. The van der Waals surface area contributed by atoms with Crippen LogP contribution in [0.4, 0.5) is 4.79 Å². The van der Waals surface area contributed by atoms with Gasteiger partial charge in [-0.15, -0.1) is 0 Å². The lowest BCUT2D eigenvalue weighted by atomic mass is 10.1. The van der Waals surface area contributed by atoms with Gasteiger partial charge in [0.05, 0.1) is 6.54 Å². The molecule has 0 radical (unpaired) electrons. The van der Waals surface area contributed by atoms with Crippen LogP contribution in [0.25, 0.3) is 0 Å². The fourth-order valence-electron chi connectivity index (χ4n) is 2.62. The summed E-state index contributed by atoms with van der Waals surface area (Å²) in [4.78, 5) is 18.3. The molecule has 3 N–H and O–H groups in total. The van der Waals surface area contributed by atoms with Gasteiger partial charge in [-0.2, -0.15) is 0 Å². The maximum Gasteiger partial charge on any atom is 0.320 e. The summed E-state index contributed by atoms with van der Waals surface area (Å²) in [6.45, 7) is 5.48. The molecule has 0 aromatic carbocycles. The lowest BCUT2D eigenvalue weighted by Crippen LogP contribution is -2.54. The van der Waals surface area contributed by atoms with E-state index < -0.39 is 0 Å². The van der Waals surface area contributed by atoms with Gasteiger partial charge in [0.15, 0.2) is 0 Å². The summed E-state index contributed by atoms with van der Waals surface area (Å²) in [6.07, 6.45) is 3.52. The zero-order valence-corrected chi connectivity index (χ0v) is 10.9. The van der Waals surface area contributed by atoms with E-state index in [-0.39, 0.29) is 11.9 Å². The quantitative estimate of drug-likeness (QED) is 0.543. The lowest BCUT2D eigenvalue weighted by Gasteiger charge is -2.38. The summed E-state index contributed by atoms with van der Waals surface area (Å²) >= 11 is 0. The first-order valence-electron chi connectivity index (χ1n) is 6.76. The third-order valence-electron chi connectivity index (χ3n) is 3.66. The molecular weight excluding hydrogens is 230 g/mol. The molecule has 0 saturated carbocycles. The normalized spacial score (nSPS) is 22.0. The lowest BCUT2D eigenvalue weighted by molar-refractivity contribution is 0.113. The van der Waals surface area contributed by atoms with E-state index in [1.165, 1.54) is 6.42 Å². The van der Waals surface area contributed by atoms with Gasteiger partial charge >= 0.3 is 6.03 Å². The molecule has 0 atom stereocenters. The Balaban J connectivity index is 1.78. The monoisotopic (exact) mass is 253 g/mol. The van der Waals surface area contributed by atoms with Crippen LogP contribution in [0, 0.1) is 5.41 Å². The third-order valence-corrected chi connectivity index (χ3v) is 3.66. The molecule has 0 unspecified atom stereocenters. The molecule has 0 aromatic rings. The van der Waals surface area contributed by atoms with Gasteiger partial charge in [0.2, 0.25) is 0 Å². The molecule has 2 heterocycles. The highest BCUT2D eigenvalue weighted by atomic mass is 16.2. The minimum atomic E-state index is 0.192. The Labute approximate surface area is 108 Å². The molecule has 2 fully saturated rings. The Morgan fingerprint density at radius 2 is 1.50 bits per heavy atom. The molecule has 2 rings (SSSR count). The van der Waals surface area contributed by atoms with E-state index in [4.69, 9.17) is 11.1 Å². The smallest absolute Gasteiger partial charge is 0.320 e. The van der Waals surface area contributed by atoms with E-state index in [9.17, 15) is 4.79 Å². The van der Waals surface area contributed by atoms with Gasteiger partial charge in [0, 0.05) is 39.3 Å². The van der Waals surface area contributed by atoms with Gasteiger partial charge in [0.25, 0.3) is 0 Å². The second kappa shape index (κ2) is 6.04. The number of nitrogens with zero attached hydrogens (tertiary/aromatic N) is 3. The van der Waals surface area contributed by atoms with Crippen LogP contribution in [0.2, 0.25) is 0 Å². The fraction of sp³-hybridized carbons (Fsp3) is 0.833. The molecule has 2 amide bonds. The Hall–Kier alpha value is -1.30. The van der Waals surface area contributed by atoms with Crippen LogP contribution in [-0.2, 0) is 0 Å². The number of urea groups is 1. The molecule has 0 aromatic heterocycles. The van der Waals surface area contributed by atoms with Crippen LogP contribution in [0.1, 0.15) is 19.3 Å². The standard InChI is InChI=1S/C12H23N5O/c13-11(14)10-15-6-8-17(9-7-15)12(18)16-4-2-1-3-5-16/h1-10H2,(H3,13,14). The largest absolute Gasteiger partial charge is 0.387 e. The molecule has 0 spiro atoms. The molecule has 102 valence electrons. The van der Waals surface area contributed by atoms with Crippen LogP contribution < -0.4 is 5.73 Å². The van der Waals surface area contributed by atoms with E-state index >= 15 is 0 Å². The highest BCUT2D eigenvalue weighted by Crippen LogP contribution is 2.12. The van der Waals surface area contributed by atoms with Gasteiger partial charge in [-0.05, 0) is 19.3 Å². The van der Waals surface area contributed by atoms with Crippen molar-refractivity contribution >= 4 is 11.9 Å². The Bertz CT molecular complexity index is 306. The van der Waals surface area contributed by atoms with Gasteiger partial charge < -0.3 is 15.5 Å². The van der Waals surface area contributed by atoms with Crippen molar-refractivity contribution in [2.45, 2.75) is 19.3 Å². The van der Waals surface area contributed by atoms with E-state index in [0.717, 1.165) is 52.1 Å². The second-order valence-corrected chi connectivity index (χ2v) is 5.12. The van der Waals surface area contributed by atoms with E-state index in [1.807, 2.05) is 9.80 Å². The maximum absolute atomic E-state index is 12.2. The Morgan fingerprint density at radius 1 is 0.944 bits per heavy atom. The van der Waals surface area contributed by atoms with Crippen molar-refractivity contribution in [1.82, 2.24) is 14.7 Å². The second-order valence-electron chi connectivity index (χ2n) is 5.12. The van der Waals surface area contributed by atoms with Crippen molar-refractivity contribution < 1.29 is 4.79 Å². The van der Waals surface area contributed by atoms with E-state index in [1.54, 1.807) is 0 Å². The maximum atomic E-state index is 12.2. The number of amidine groups is 1. The molecule has 0 aliphatic carbocycles. The minimum absolute atomic E-state index is 0.192. The van der Waals surface area contributed by atoms with Gasteiger partial charge in [-0.1, -0.05) is 0 Å². The SMILES string of the molecule is N=C(N)CN1CCN(C(=O)N2CCCCC2)CC1. The molecular formula is C12H23N5O. The highest BCUT2D eigenvalue weighted by molar-refractivity contribution is 5.79. The first-order valence-corrected chi connectivity index (χ1v) is 6.76. The molecule has 6 heteroatoms. The first-order chi connectivity index (χ1) is 8.66. The van der Waals surface area contributed by atoms with Crippen LogP contribution >= 0.6 is 0 Å². The zero-order chi connectivity index (χ0) is 13.0. The minimum Gasteiger partial charge on any atom is -0.387 e. The average molecular weight is 253 g/mol. The van der Waals surface area contributed by atoms with Crippen LogP contribution in [-0.4, -0.2) is 72.4 Å². The fourth-order valence-corrected chi connectivity index (χ4v) is 2.62. The number of carbonyl (C=O) groups excluding carboxylic acids is 1. The van der Waals surface area contributed by atoms with Crippen molar-refractivity contribution in [2.75, 3.05) is 45.8 Å². The summed E-state index contributed by atoms with van der Waals surface area (Å²) in [5.41, 5.74) is 5.39. The van der Waals surface area contributed by atoms with Gasteiger partial charge in [0.1, 0.15) is 5.84 Å². The molecule has 0 bridgehead atoms. The number of nitrogens with one attached hydrogen (secondary N) is 1. The molecule has 18 heavy (non-hydrogen) atoms. The summed E-state index contributed by atoms with van der Waals surface area (Å²) in [5.74, 6) is 0.200. The van der Waals surface area contributed by atoms with Gasteiger partial charge in [-0.25, -0.2) is 4.79 Å². The number of piperidine rings is 1. The number of piperazine rings is 1. The van der Waals surface area contributed by atoms with Crippen LogP contribution in [0.5, 0.6) is 0 Å². The molecule has 2 aliphatic rings. The number of likely N-dealkylation sites (tertiary alicyclic amines) is 1. The van der Waals surface area contributed by atoms with Crippen molar-refractivity contribution in [2.24, 2.45) is 5.73 Å². The summed E-state index contributed by atoms with van der Waals surface area (Å²) < 4.78 is 0. The number of rotatable bonds is 2. The third kappa shape index (κ3) is 3.35. The number of hydrogen-bond acceptors (Lipinski definition) is 3. The summed E-state index contributed by atoms with van der Waals surface area (Å²) in [7, 11) is 0. The topological polar surface area (TPSA) is 76.7 Å². The first kappa shape index (κ1) is 13.1. The van der Waals surface area contributed by atoms with Crippen molar-refractivity contribution in [3.63, 3.8) is 0 Å². The molecule has 6 nitrogen and oxygen atoms in total. The van der Waals surface area contributed by atoms with Crippen LogP contribution in [0.15, 0.2) is 0 Å². The van der Waals surface area contributed by atoms with Crippen LogP contribution in [0.3, 0.4) is 0 Å². The number of carbonyl (C=O) groups is 1. The van der Waals surface area contributed by atoms with Crippen molar-refractivity contribution in [3.05, 3.63) is 0 Å². The van der Waals surface area contributed by atoms with Crippen molar-refractivity contribution in [3.8, 4) is 0 Å².